The Morgan fingerprint density at radius 3 is 2.71 bits per heavy atom. The van der Waals surface area contributed by atoms with Crippen LogP contribution in [-0.2, 0) is 0 Å². The van der Waals surface area contributed by atoms with E-state index in [2.05, 4.69) is 41.8 Å². The molecular weight excluding hydrogens is 378 g/mol. The van der Waals surface area contributed by atoms with Crippen LogP contribution in [0.4, 0.5) is 4.39 Å². The van der Waals surface area contributed by atoms with Crippen molar-refractivity contribution in [1.29, 1.82) is 0 Å². The predicted molar refractivity (Wildman–Crippen MR) is 68.9 cm³/mol. The van der Waals surface area contributed by atoms with E-state index < -0.39 is 5.82 Å². The molecule has 1 aromatic heterocycles. The molecule has 0 aliphatic carbocycles. The van der Waals surface area contributed by atoms with Crippen LogP contribution in [0.25, 0.3) is 0 Å². The molecule has 3 nitrogen and oxygen atoms in total. The first kappa shape index (κ1) is 12.7. The summed E-state index contributed by atoms with van der Waals surface area (Å²) in [6.45, 7) is 0. The molecule has 1 aromatic carbocycles. The normalized spacial score (nSPS) is 10.4. The Hall–Kier alpha value is -0.720. The fourth-order valence-corrected chi connectivity index (χ4v) is 1.71. The van der Waals surface area contributed by atoms with Crippen LogP contribution in [0.5, 0.6) is 11.6 Å². The first-order valence-electron chi connectivity index (χ1n) is 4.37. The van der Waals surface area contributed by atoms with Gasteiger partial charge < -0.3 is 4.74 Å². The van der Waals surface area contributed by atoms with Gasteiger partial charge in [-0.15, -0.1) is 0 Å². The maximum atomic E-state index is 13.3. The van der Waals surface area contributed by atoms with E-state index in [-0.39, 0.29) is 11.0 Å². The third-order valence-corrected chi connectivity index (χ3v) is 3.69. The minimum Gasteiger partial charge on any atom is -0.438 e. The number of hydrogen-bond acceptors (Lipinski definition) is 3. The van der Waals surface area contributed by atoms with E-state index in [4.69, 9.17) is 16.3 Å². The third kappa shape index (κ3) is 2.94. The van der Waals surface area contributed by atoms with Crippen molar-refractivity contribution in [2.24, 2.45) is 0 Å². The number of nitrogens with zero attached hydrogens (tertiary/aromatic N) is 2. The largest absolute Gasteiger partial charge is 0.438 e. The van der Waals surface area contributed by atoms with Crippen molar-refractivity contribution in [3.05, 3.63) is 44.4 Å². The molecule has 7 heteroatoms. The van der Waals surface area contributed by atoms with E-state index in [0.717, 1.165) is 0 Å². The van der Waals surface area contributed by atoms with E-state index >= 15 is 0 Å². The van der Waals surface area contributed by atoms with Crippen molar-refractivity contribution in [2.75, 3.05) is 0 Å². The van der Waals surface area contributed by atoms with Crippen molar-refractivity contribution >= 4 is 43.5 Å². The molecule has 0 saturated carbocycles. The first-order valence-corrected chi connectivity index (χ1v) is 6.33. The van der Waals surface area contributed by atoms with Gasteiger partial charge in [-0.25, -0.2) is 14.4 Å². The van der Waals surface area contributed by atoms with Crippen LogP contribution in [0.3, 0.4) is 0 Å². The molecule has 0 spiro atoms. The van der Waals surface area contributed by atoms with Crippen LogP contribution in [0.2, 0.25) is 5.15 Å². The number of ether oxygens (including phenoxy) is 1. The van der Waals surface area contributed by atoms with Crippen LogP contribution in [-0.4, -0.2) is 9.97 Å². The van der Waals surface area contributed by atoms with Gasteiger partial charge in [0.1, 0.15) is 22.4 Å². The molecule has 2 aromatic rings. The van der Waals surface area contributed by atoms with Crippen LogP contribution < -0.4 is 4.74 Å². The zero-order chi connectivity index (χ0) is 12.4. The van der Waals surface area contributed by atoms with Gasteiger partial charge in [0.25, 0.3) is 0 Å². The Labute approximate surface area is 118 Å². The quantitative estimate of drug-likeness (QED) is 0.713. The molecule has 0 aliphatic heterocycles. The summed E-state index contributed by atoms with van der Waals surface area (Å²) in [5, 5.41) is 0.229. The molecule has 2 rings (SSSR count). The monoisotopic (exact) mass is 380 g/mol. The summed E-state index contributed by atoms with van der Waals surface area (Å²) >= 11 is 12.0. The summed E-state index contributed by atoms with van der Waals surface area (Å²) in [7, 11) is 0. The molecule has 1 heterocycles. The second-order valence-electron chi connectivity index (χ2n) is 2.96. The Morgan fingerprint density at radius 1 is 1.24 bits per heavy atom. The maximum absolute atomic E-state index is 13.3. The number of rotatable bonds is 2. The first-order chi connectivity index (χ1) is 8.08. The van der Waals surface area contributed by atoms with Gasteiger partial charge >= 0.3 is 0 Å². The summed E-state index contributed by atoms with van der Waals surface area (Å²) in [6.07, 6.45) is 1.26. The fraction of sp³-hybridized carbons (Fsp3) is 0. The number of hydrogen-bond donors (Lipinski definition) is 0. The van der Waals surface area contributed by atoms with E-state index in [0.29, 0.717) is 14.7 Å². The highest BCUT2D eigenvalue weighted by Crippen LogP contribution is 2.32. The smallest absolute Gasteiger partial charge is 0.238 e. The summed E-state index contributed by atoms with van der Waals surface area (Å²) in [4.78, 5) is 7.65. The molecule has 0 aliphatic rings. The molecule has 0 fully saturated rings. The van der Waals surface area contributed by atoms with Crippen molar-refractivity contribution in [3.63, 3.8) is 0 Å². The van der Waals surface area contributed by atoms with Crippen LogP contribution in [0.15, 0.2) is 33.5 Å². The summed E-state index contributed by atoms with van der Waals surface area (Å²) in [6, 6.07) is 4.39. The highest BCUT2D eigenvalue weighted by atomic mass is 79.9. The number of halogens is 4. The Bertz CT molecular complexity index is 568. The number of aromatic nitrogens is 2. The van der Waals surface area contributed by atoms with E-state index in [1.54, 1.807) is 12.1 Å². The van der Waals surface area contributed by atoms with Gasteiger partial charge in [-0.2, -0.15) is 0 Å². The van der Waals surface area contributed by atoms with E-state index in [9.17, 15) is 4.39 Å². The zero-order valence-electron chi connectivity index (χ0n) is 8.12. The molecule has 0 N–H and O–H groups in total. The van der Waals surface area contributed by atoms with Gasteiger partial charge in [0, 0.05) is 6.07 Å². The average Bonchev–Trinajstić information content (AvgIpc) is 2.30. The average molecular weight is 382 g/mol. The lowest BCUT2D eigenvalue weighted by Gasteiger charge is -2.07. The SMILES string of the molecule is Fc1cc(Oc2ncnc(Cl)c2Br)ccc1Br. The molecule has 17 heavy (non-hydrogen) atoms. The Kier molecular flexibility index (Phi) is 3.96. The fourth-order valence-electron chi connectivity index (χ4n) is 1.06. The summed E-state index contributed by atoms with van der Waals surface area (Å²) in [5.41, 5.74) is 0. The van der Waals surface area contributed by atoms with Crippen LogP contribution in [0, 0.1) is 5.82 Å². The lowest BCUT2D eigenvalue weighted by Crippen LogP contribution is -1.92. The molecule has 0 bridgehead atoms. The third-order valence-electron chi connectivity index (χ3n) is 1.82. The standard InChI is InChI=1S/C10H4Br2ClFN2O/c11-6-2-1-5(3-7(6)14)17-10-8(12)9(13)15-4-16-10/h1-4H. The van der Waals surface area contributed by atoms with Gasteiger partial charge in [-0.05, 0) is 44.0 Å². The highest BCUT2D eigenvalue weighted by Gasteiger charge is 2.10. The topological polar surface area (TPSA) is 35.0 Å². The Balaban J connectivity index is 2.31. The molecule has 0 atom stereocenters. The summed E-state index contributed by atoms with van der Waals surface area (Å²) in [5.74, 6) is 0.131. The Morgan fingerprint density at radius 2 is 2.00 bits per heavy atom. The maximum Gasteiger partial charge on any atom is 0.238 e. The molecule has 0 amide bonds. The predicted octanol–water partition coefficient (Wildman–Crippen LogP) is 4.59. The van der Waals surface area contributed by atoms with E-state index in [1.165, 1.54) is 12.4 Å². The highest BCUT2D eigenvalue weighted by molar-refractivity contribution is 9.10. The molecule has 88 valence electrons. The van der Waals surface area contributed by atoms with Crippen molar-refractivity contribution < 1.29 is 9.13 Å². The molecule has 0 unspecified atom stereocenters. The van der Waals surface area contributed by atoms with Gasteiger partial charge in [0.2, 0.25) is 5.88 Å². The van der Waals surface area contributed by atoms with Gasteiger partial charge in [0.05, 0.1) is 4.47 Å². The van der Waals surface area contributed by atoms with E-state index in [1.807, 2.05) is 0 Å². The summed E-state index contributed by atoms with van der Waals surface area (Å²) < 4.78 is 19.4. The van der Waals surface area contributed by atoms with Gasteiger partial charge in [-0.3, -0.25) is 0 Å². The van der Waals surface area contributed by atoms with Gasteiger partial charge in [-0.1, -0.05) is 11.6 Å². The van der Waals surface area contributed by atoms with Crippen molar-refractivity contribution in [1.82, 2.24) is 9.97 Å². The minimum absolute atomic E-state index is 0.228. The second kappa shape index (κ2) is 5.29. The zero-order valence-corrected chi connectivity index (χ0v) is 12.1. The number of benzene rings is 1. The van der Waals surface area contributed by atoms with Crippen molar-refractivity contribution in [3.8, 4) is 11.6 Å². The molecule has 0 saturated heterocycles. The second-order valence-corrected chi connectivity index (χ2v) is 4.97. The minimum atomic E-state index is -0.418. The van der Waals surface area contributed by atoms with Crippen LogP contribution >= 0.6 is 43.5 Å². The molecule has 0 radical (unpaired) electrons. The van der Waals surface area contributed by atoms with Gasteiger partial charge in [0.15, 0.2) is 5.15 Å². The molecular formula is C10H4Br2ClFN2O. The van der Waals surface area contributed by atoms with Crippen molar-refractivity contribution in [2.45, 2.75) is 0 Å². The van der Waals surface area contributed by atoms with Crippen LogP contribution in [0.1, 0.15) is 0 Å². The lowest BCUT2D eigenvalue weighted by molar-refractivity contribution is 0.453. The lowest BCUT2D eigenvalue weighted by atomic mass is 10.3.